The highest BCUT2D eigenvalue weighted by Crippen LogP contribution is 2.46. The van der Waals surface area contributed by atoms with E-state index in [0.717, 1.165) is 12.6 Å². The number of fused-ring (bicyclic) bond motifs is 1. The van der Waals surface area contributed by atoms with Gasteiger partial charge >= 0.3 is 0 Å². The van der Waals surface area contributed by atoms with Crippen molar-refractivity contribution in [1.82, 2.24) is 0 Å². The van der Waals surface area contributed by atoms with E-state index in [1.165, 1.54) is 22.5 Å². The Balaban J connectivity index is 1.69. The van der Waals surface area contributed by atoms with Crippen molar-refractivity contribution in [2.24, 2.45) is 4.99 Å². The SMILES string of the molecule is CN(C)c1ccc(C=CC2N(C3=NCCO3)c3ccccc3C2(C)C)cc1. The van der Waals surface area contributed by atoms with Gasteiger partial charge in [0.05, 0.1) is 12.6 Å². The van der Waals surface area contributed by atoms with E-state index >= 15 is 0 Å². The van der Waals surface area contributed by atoms with E-state index in [4.69, 9.17) is 4.74 Å². The van der Waals surface area contributed by atoms with Crippen molar-refractivity contribution in [3.05, 3.63) is 65.7 Å². The van der Waals surface area contributed by atoms with Crippen LogP contribution in [0.25, 0.3) is 6.08 Å². The van der Waals surface area contributed by atoms with Crippen molar-refractivity contribution < 1.29 is 4.74 Å². The third-order valence-corrected chi connectivity index (χ3v) is 5.53. The number of anilines is 2. The molecule has 140 valence electrons. The van der Waals surface area contributed by atoms with E-state index in [2.05, 4.69) is 103 Å². The van der Waals surface area contributed by atoms with Crippen LogP contribution in [0.15, 0.2) is 59.6 Å². The smallest absolute Gasteiger partial charge is 0.292 e. The molecule has 0 aliphatic carbocycles. The van der Waals surface area contributed by atoms with Crippen molar-refractivity contribution in [2.75, 3.05) is 37.0 Å². The summed E-state index contributed by atoms with van der Waals surface area (Å²) in [6.07, 6.45) is 4.50. The zero-order valence-electron chi connectivity index (χ0n) is 16.5. The average Bonchev–Trinajstić information content (AvgIpc) is 3.26. The largest absolute Gasteiger partial charge is 0.463 e. The first-order chi connectivity index (χ1) is 13.0. The minimum atomic E-state index is -0.0366. The lowest BCUT2D eigenvalue weighted by Crippen LogP contribution is -2.43. The second kappa shape index (κ2) is 6.76. The molecule has 0 radical (unpaired) electrons. The number of aliphatic imine (C=N–C) groups is 1. The van der Waals surface area contributed by atoms with Gasteiger partial charge in [0.15, 0.2) is 0 Å². The van der Waals surface area contributed by atoms with Crippen molar-refractivity contribution in [2.45, 2.75) is 25.3 Å². The quantitative estimate of drug-likeness (QED) is 0.815. The molecule has 0 N–H and O–H groups in total. The van der Waals surface area contributed by atoms with Crippen LogP contribution in [0.3, 0.4) is 0 Å². The van der Waals surface area contributed by atoms with Gasteiger partial charge in [-0.25, -0.2) is 4.99 Å². The van der Waals surface area contributed by atoms with Crippen molar-refractivity contribution >= 4 is 23.5 Å². The Morgan fingerprint density at radius 3 is 2.52 bits per heavy atom. The van der Waals surface area contributed by atoms with Gasteiger partial charge in [-0.05, 0) is 29.3 Å². The van der Waals surface area contributed by atoms with Crippen LogP contribution in [0.1, 0.15) is 25.0 Å². The molecule has 2 aromatic carbocycles. The maximum Gasteiger partial charge on any atom is 0.292 e. The van der Waals surface area contributed by atoms with Gasteiger partial charge in [0.2, 0.25) is 0 Å². The molecule has 0 aromatic heterocycles. The second-order valence-corrected chi connectivity index (χ2v) is 7.91. The van der Waals surface area contributed by atoms with E-state index in [1.54, 1.807) is 0 Å². The molecular formula is C23H27N3O. The number of benzene rings is 2. The van der Waals surface area contributed by atoms with Crippen LogP contribution in [0, 0.1) is 0 Å². The van der Waals surface area contributed by atoms with Gasteiger partial charge in [0.25, 0.3) is 6.02 Å². The van der Waals surface area contributed by atoms with Crippen LogP contribution in [-0.2, 0) is 10.2 Å². The highest BCUT2D eigenvalue weighted by Gasteiger charge is 2.45. The summed E-state index contributed by atoms with van der Waals surface area (Å²) in [6, 6.07) is 18.1. The molecule has 0 fully saturated rings. The molecule has 2 aliphatic rings. The van der Waals surface area contributed by atoms with Crippen LogP contribution in [0.2, 0.25) is 0 Å². The number of ether oxygens (including phenoxy) is 1. The molecule has 1 atom stereocenters. The van der Waals surface area contributed by atoms with E-state index in [9.17, 15) is 0 Å². The summed E-state index contributed by atoms with van der Waals surface area (Å²) < 4.78 is 5.85. The number of amidine groups is 1. The lowest BCUT2D eigenvalue weighted by Gasteiger charge is -2.31. The summed E-state index contributed by atoms with van der Waals surface area (Å²) in [6.45, 7) is 5.99. The van der Waals surface area contributed by atoms with Gasteiger partial charge in [0.1, 0.15) is 6.61 Å². The predicted octanol–water partition coefficient (Wildman–Crippen LogP) is 4.32. The Kier molecular flexibility index (Phi) is 4.42. The fourth-order valence-corrected chi connectivity index (χ4v) is 3.96. The molecule has 4 heteroatoms. The molecule has 27 heavy (non-hydrogen) atoms. The Morgan fingerprint density at radius 2 is 1.85 bits per heavy atom. The van der Waals surface area contributed by atoms with Crippen LogP contribution >= 0.6 is 0 Å². The Labute approximate surface area is 161 Å². The normalized spacial score (nSPS) is 20.5. The summed E-state index contributed by atoms with van der Waals surface area (Å²) in [4.78, 5) is 8.97. The molecule has 0 saturated carbocycles. The molecule has 4 nitrogen and oxygen atoms in total. The molecule has 0 amide bonds. The Hall–Kier alpha value is -2.75. The first-order valence-corrected chi connectivity index (χ1v) is 9.50. The van der Waals surface area contributed by atoms with Gasteiger partial charge in [-0.2, -0.15) is 0 Å². The topological polar surface area (TPSA) is 28.1 Å². The van der Waals surface area contributed by atoms with Gasteiger partial charge in [-0.3, -0.25) is 4.90 Å². The third kappa shape index (κ3) is 3.09. The third-order valence-electron chi connectivity index (χ3n) is 5.53. The molecule has 2 heterocycles. The fraction of sp³-hybridized carbons (Fsp3) is 0.348. The zero-order chi connectivity index (χ0) is 19.0. The van der Waals surface area contributed by atoms with Crippen LogP contribution < -0.4 is 9.80 Å². The van der Waals surface area contributed by atoms with Crippen LogP contribution in [0.5, 0.6) is 0 Å². The minimum absolute atomic E-state index is 0.0366. The number of rotatable bonds is 3. The Bertz CT molecular complexity index is 881. The summed E-state index contributed by atoms with van der Waals surface area (Å²) in [7, 11) is 4.12. The number of hydrogen-bond donors (Lipinski definition) is 0. The van der Waals surface area contributed by atoms with Crippen molar-refractivity contribution in [3.63, 3.8) is 0 Å². The van der Waals surface area contributed by atoms with Crippen LogP contribution in [0.4, 0.5) is 11.4 Å². The maximum atomic E-state index is 5.85. The van der Waals surface area contributed by atoms with E-state index < -0.39 is 0 Å². The summed E-state index contributed by atoms with van der Waals surface area (Å²) in [5, 5.41) is 0. The summed E-state index contributed by atoms with van der Waals surface area (Å²) in [5.74, 6) is 0. The fourth-order valence-electron chi connectivity index (χ4n) is 3.96. The van der Waals surface area contributed by atoms with Crippen molar-refractivity contribution in [3.8, 4) is 0 Å². The van der Waals surface area contributed by atoms with E-state index in [-0.39, 0.29) is 11.5 Å². The molecule has 0 spiro atoms. The molecule has 0 saturated heterocycles. The first kappa shape index (κ1) is 17.7. The number of hydrogen-bond acceptors (Lipinski definition) is 4. The van der Waals surface area contributed by atoms with Gasteiger partial charge < -0.3 is 9.64 Å². The van der Waals surface area contributed by atoms with Gasteiger partial charge in [0, 0.05) is 30.9 Å². The van der Waals surface area contributed by atoms with E-state index in [0.29, 0.717) is 6.61 Å². The highest BCUT2D eigenvalue weighted by atomic mass is 16.5. The van der Waals surface area contributed by atoms with Crippen LogP contribution in [-0.4, -0.2) is 39.3 Å². The molecule has 2 aromatic rings. The van der Waals surface area contributed by atoms with Crippen molar-refractivity contribution in [1.29, 1.82) is 0 Å². The number of nitrogens with zero attached hydrogens (tertiary/aromatic N) is 3. The number of para-hydroxylation sites is 1. The summed E-state index contributed by atoms with van der Waals surface area (Å²) >= 11 is 0. The molecule has 1 unspecified atom stereocenters. The molecule has 2 aliphatic heterocycles. The zero-order valence-corrected chi connectivity index (χ0v) is 16.5. The Morgan fingerprint density at radius 1 is 1.11 bits per heavy atom. The molecular weight excluding hydrogens is 334 g/mol. The predicted molar refractivity (Wildman–Crippen MR) is 114 cm³/mol. The first-order valence-electron chi connectivity index (χ1n) is 9.50. The van der Waals surface area contributed by atoms with E-state index in [1.807, 2.05) is 0 Å². The van der Waals surface area contributed by atoms with Gasteiger partial charge in [-0.15, -0.1) is 0 Å². The molecule has 0 bridgehead atoms. The van der Waals surface area contributed by atoms with Gasteiger partial charge in [-0.1, -0.05) is 56.3 Å². The lowest BCUT2D eigenvalue weighted by atomic mass is 9.80. The highest BCUT2D eigenvalue weighted by molar-refractivity contribution is 5.97. The lowest BCUT2D eigenvalue weighted by molar-refractivity contribution is 0.333. The molecule has 4 rings (SSSR count). The standard InChI is InChI=1S/C23H27N3O/c1-23(2)19-7-5-6-8-20(19)26(22-24-15-16-27-22)21(23)14-11-17-9-12-18(13-10-17)25(3)4/h5-14,21H,15-16H2,1-4H3. The average molecular weight is 361 g/mol. The maximum absolute atomic E-state index is 5.85. The second-order valence-electron chi connectivity index (χ2n) is 7.91. The summed E-state index contributed by atoms with van der Waals surface area (Å²) in [5.41, 5.74) is 4.89. The monoisotopic (exact) mass is 361 g/mol. The minimum Gasteiger partial charge on any atom is -0.463 e.